The van der Waals surface area contributed by atoms with E-state index in [2.05, 4.69) is 73.8 Å². The highest BCUT2D eigenvalue weighted by Gasteiger charge is 2.01. The van der Waals surface area contributed by atoms with E-state index >= 15 is 0 Å². The molecule has 1 nitrogen and oxygen atoms in total. The average Bonchev–Trinajstić information content (AvgIpc) is 2.47. The summed E-state index contributed by atoms with van der Waals surface area (Å²) in [5, 5.41) is 3.51. The highest BCUT2D eigenvalue weighted by molar-refractivity contribution is 5.65. The van der Waals surface area contributed by atoms with Gasteiger partial charge in [-0.2, -0.15) is 0 Å². The van der Waals surface area contributed by atoms with Gasteiger partial charge in [0, 0.05) is 12.2 Å². The molecule has 19 heavy (non-hydrogen) atoms. The van der Waals surface area contributed by atoms with Gasteiger partial charge in [-0.05, 0) is 35.6 Å². The van der Waals surface area contributed by atoms with Crippen molar-refractivity contribution in [1.29, 1.82) is 0 Å². The molecular weight excluding hydrogens is 230 g/mol. The molecule has 0 heterocycles. The van der Waals surface area contributed by atoms with Gasteiger partial charge in [0.25, 0.3) is 0 Å². The lowest BCUT2D eigenvalue weighted by Crippen LogP contribution is -2.10. The third-order valence-electron chi connectivity index (χ3n) is 3.43. The number of benzene rings is 2. The van der Waals surface area contributed by atoms with E-state index in [1.165, 1.54) is 29.7 Å². The smallest absolute Gasteiger partial charge is 0.0340 e. The van der Waals surface area contributed by atoms with Crippen LogP contribution >= 0.6 is 0 Å². The summed E-state index contributed by atoms with van der Waals surface area (Å²) in [4.78, 5) is 0. The predicted octanol–water partition coefficient (Wildman–Crippen LogP) is 5.20. The fraction of sp³-hybridized carbons (Fsp3) is 0.333. The molecule has 0 aromatic heterocycles. The first-order chi connectivity index (χ1) is 9.29. The number of hydrogen-bond donors (Lipinski definition) is 1. The van der Waals surface area contributed by atoms with E-state index in [1.807, 2.05) is 0 Å². The fourth-order valence-corrected chi connectivity index (χ4v) is 2.30. The van der Waals surface area contributed by atoms with Gasteiger partial charge in [0.1, 0.15) is 0 Å². The van der Waals surface area contributed by atoms with E-state index in [1.54, 1.807) is 0 Å². The molecule has 1 heteroatoms. The Morgan fingerprint density at radius 2 is 1.53 bits per heavy atom. The van der Waals surface area contributed by atoms with Crippen molar-refractivity contribution in [2.75, 3.05) is 11.9 Å². The van der Waals surface area contributed by atoms with Crippen LogP contribution in [0.25, 0.3) is 11.1 Å². The van der Waals surface area contributed by atoms with E-state index in [9.17, 15) is 0 Å². The minimum atomic E-state index is 0.735. The average molecular weight is 253 g/mol. The number of nitrogens with one attached hydrogen (secondary N) is 1. The van der Waals surface area contributed by atoms with Crippen LogP contribution in [-0.4, -0.2) is 6.54 Å². The minimum absolute atomic E-state index is 0.735. The minimum Gasteiger partial charge on any atom is -0.385 e. The Hall–Kier alpha value is -1.76. The Labute approximate surface area is 116 Å². The quantitative estimate of drug-likeness (QED) is 0.746. The molecule has 0 aliphatic heterocycles. The SMILES string of the molecule is CCCC(C)CNc1ccc(-c2ccccc2)cc1. The molecule has 2 rings (SSSR count). The molecule has 0 saturated carbocycles. The summed E-state index contributed by atoms with van der Waals surface area (Å²) in [6.07, 6.45) is 2.55. The first-order valence-corrected chi connectivity index (χ1v) is 7.19. The molecule has 0 amide bonds. The van der Waals surface area contributed by atoms with E-state index in [4.69, 9.17) is 0 Å². The van der Waals surface area contributed by atoms with Gasteiger partial charge in [0.05, 0.1) is 0 Å². The Morgan fingerprint density at radius 1 is 0.895 bits per heavy atom. The van der Waals surface area contributed by atoms with Crippen molar-refractivity contribution in [1.82, 2.24) is 0 Å². The zero-order chi connectivity index (χ0) is 13.5. The highest BCUT2D eigenvalue weighted by atomic mass is 14.9. The molecular formula is C18H23N. The Balaban J connectivity index is 1.95. The first kappa shape index (κ1) is 13.7. The number of hydrogen-bond acceptors (Lipinski definition) is 1. The lowest BCUT2D eigenvalue weighted by atomic mass is 10.0. The predicted molar refractivity (Wildman–Crippen MR) is 84.4 cm³/mol. The van der Waals surface area contributed by atoms with Gasteiger partial charge in [-0.3, -0.25) is 0 Å². The Morgan fingerprint density at radius 3 is 2.16 bits per heavy atom. The molecule has 1 unspecified atom stereocenters. The molecule has 100 valence electrons. The van der Waals surface area contributed by atoms with Crippen molar-refractivity contribution >= 4 is 5.69 Å². The summed E-state index contributed by atoms with van der Waals surface area (Å²) in [7, 11) is 0. The van der Waals surface area contributed by atoms with Crippen LogP contribution in [0.1, 0.15) is 26.7 Å². The van der Waals surface area contributed by atoms with Crippen molar-refractivity contribution in [2.45, 2.75) is 26.7 Å². The summed E-state index contributed by atoms with van der Waals surface area (Å²) < 4.78 is 0. The third kappa shape index (κ3) is 4.13. The van der Waals surface area contributed by atoms with E-state index in [0.29, 0.717) is 0 Å². The zero-order valence-corrected chi connectivity index (χ0v) is 11.9. The lowest BCUT2D eigenvalue weighted by Gasteiger charge is -2.13. The Bertz CT molecular complexity index is 473. The molecule has 2 aromatic rings. The van der Waals surface area contributed by atoms with Crippen molar-refractivity contribution in [3.63, 3.8) is 0 Å². The second kappa shape index (κ2) is 6.98. The van der Waals surface area contributed by atoms with Crippen LogP contribution in [0.3, 0.4) is 0 Å². The van der Waals surface area contributed by atoms with Gasteiger partial charge < -0.3 is 5.32 Å². The van der Waals surface area contributed by atoms with Gasteiger partial charge in [-0.1, -0.05) is 62.7 Å². The Kier molecular flexibility index (Phi) is 5.02. The molecule has 1 atom stereocenters. The van der Waals surface area contributed by atoms with Crippen LogP contribution in [0.4, 0.5) is 5.69 Å². The van der Waals surface area contributed by atoms with Crippen LogP contribution in [0.2, 0.25) is 0 Å². The standard InChI is InChI=1S/C18H23N/c1-3-7-15(2)14-19-18-12-10-17(11-13-18)16-8-5-4-6-9-16/h4-6,8-13,15,19H,3,7,14H2,1-2H3. The first-order valence-electron chi connectivity index (χ1n) is 7.19. The molecule has 0 aliphatic rings. The zero-order valence-electron chi connectivity index (χ0n) is 11.9. The van der Waals surface area contributed by atoms with Crippen LogP contribution in [-0.2, 0) is 0 Å². The van der Waals surface area contributed by atoms with Crippen molar-refractivity contribution in [3.05, 3.63) is 54.6 Å². The summed E-state index contributed by atoms with van der Waals surface area (Å²) in [5.41, 5.74) is 3.75. The third-order valence-corrected chi connectivity index (χ3v) is 3.43. The maximum Gasteiger partial charge on any atom is 0.0340 e. The second-order valence-electron chi connectivity index (χ2n) is 5.22. The summed E-state index contributed by atoms with van der Waals surface area (Å²) in [6, 6.07) is 19.2. The van der Waals surface area contributed by atoms with Crippen molar-refractivity contribution in [3.8, 4) is 11.1 Å². The van der Waals surface area contributed by atoms with Crippen LogP contribution < -0.4 is 5.32 Å². The van der Waals surface area contributed by atoms with Crippen LogP contribution in [0.15, 0.2) is 54.6 Å². The summed E-state index contributed by atoms with van der Waals surface area (Å²) >= 11 is 0. The van der Waals surface area contributed by atoms with E-state index < -0.39 is 0 Å². The maximum absolute atomic E-state index is 3.51. The maximum atomic E-state index is 3.51. The van der Waals surface area contributed by atoms with Gasteiger partial charge in [0.15, 0.2) is 0 Å². The molecule has 0 fully saturated rings. The molecule has 0 aliphatic carbocycles. The number of anilines is 1. The molecule has 1 N–H and O–H groups in total. The molecule has 0 bridgehead atoms. The second-order valence-corrected chi connectivity index (χ2v) is 5.22. The van der Waals surface area contributed by atoms with E-state index in [-0.39, 0.29) is 0 Å². The monoisotopic (exact) mass is 253 g/mol. The summed E-state index contributed by atoms with van der Waals surface area (Å²) in [5.74, 6) is 0.735. The van der Waals surface area contributed by atoms with Gasteiger partial charge in [-0.15, -0.1) is 0 Å². The lowest BCUT2D eigenvalue weighted by molar-refractivity contribution is 0.551. The topological polar surface area (TPSA) is 12.0 Å². The number of rotatable bonds is 6. The van der Waals surface area contributed by atoms with Crippen LogP contribution in [0, 0.1) is 5.92 Å². The molecule has 0 spiro atoms. The van der Waals surface area contributed by atoms with Gasteiger partial charge in [0.2, 0.25) is 0 Å². The van der Waals surface area contributed by atoms with Crippen molar-refractivity contribution in [2.24, 2.45) is 5.92 Å². The highest BCUT2D eigenvalue weighted by Crippen LogP contribution is 2.21. The molecule has 2 aromatic carbocycles. The molecule has 0 radical (unpaired) electrons. The van der Waals surface area contributed by atoms with Gasteiger partial charge in [-0.25, -0.2) is 0 Å². The van der Waals surface area contributed by atoms with Crippen LogP contribution in [0.5, 0.6) is 0 Å². The fourth-order valence-electron chi connectivity index (χ4n) is 2.30. The van der Waals surface area contributed by atoms with Gasteiger partial charge >= 0.3 is 0 Å². The largest absolute Gasteiger partial charge is 0.385 e. The van der Waals surface area contributed by atoms with E-state index in [0.717, 1.165) is 12.5 Å². The van der Waals surface area contributed by atoms with Crippen molar-refractivity contribution < 1.29 is 0 Å². The molecule has 0 saturated heterocycles. The normalized spacial score (nSPS) is 12.1. The summed E-state index contributed by atoms with van der Waals surface area (Å²) in [6.45, 7) is 5.60.